The van der Waals surface area contributed by atoms with Crippen LogP contribution in [0.4, 0.5) is 11.4 Å². The van der Waals surface area contributed by atoms with Crippen molar-refractivity contribution in [3.63, 3.8) is 0 Å². The van der Waals surface area contributed by atoms with Gasteiger partial charge in [0.15, 0.2) is 4.32 Å². The highest BCUT2D eigenvalue weighted by atomic mass is 32.2. The standard InChI is InChI=1S/C25H20N2O6S2/c1-2-3-14-32-24(29)17-6-4-16(5-7-17)21-13-12-20(33-21)15-22-23(28)26(25(34)35-22)18-8-10-19(11-9-18)27(30)31/h4-13,15H,2-3,14H2,1H3/b22-15-. The van der Waals surface area contributed by atoms with Crippen molar-refractivity contribution in [1.29, 1.82) is 0 Å². The van der Waals surface area contributed by atoms with Gasteiger partial charge in [-0.05, 0) is 42.8 Å². The minimum Gasteiger partial charge on any atom is -0.462 e. The second-order valence-corrected chi connectivity index (χ2v) is 9.24. The first kappa shape index (κ1) is 24.4. The van der Waals surface area contributed by atoms with Gasteiger partial charge in [-0.2, -0.15) is 0 Å². The molecule has 0 saturated carbocycles. The molecule has 0 N–H and O–H groups in total. The molecule has 1 aliphatic heterocycles. The zero-order valence-electron chi connectivity index (χ0n) is 18.6. The first-order valence-electron chi connectivity index (χ1n) is 10.8. The van der Waals surface area contributed by atoms with Crippen LogP contribution in [-0.2, 0) is 9.53 Å². The molecule has 0 radical (unpaired) electrons. The molecule has 0 bridgehead atoms. The van der Waals surface area contributed by atoms with Crippen LogP contribution < -0.4 is 4.90 Å². The summed E-state index contributed by atoms with van der Waals surface area (Å²) in [5.41, 5.74) is 1.62. The third-order valence-corrected chi connectivity index (χ3v) is 6.45. The number of hydrogen-bond donors (Lipinski definition) is 0. The number of anilines is 1. The van der Waals surface area contributed by atoms with E-state index in [0.29, 0.717) is 38.6 Å². The van der Waals surface area contributed by atoms with E-state index in [9.17, 15) is 19.7 Å². The number of furan rings is 1. The molecule has 1 aliphatic rings. The number of non-ortho nitro benzene ring substituents is 1. The smallest absolute Gasteiger partial charge is 0.338 e. The van der Waals surface area contributed by atoms with E-state index in [1.54, 1.807) is 42.5 Å². The van der Waals surface area contributed by atoms with Crippen molar-refractivity contribution in [1.82, 2.24) is 0 Å². The van der Waals surface area contributed by atoms with Gasteiger partial charge in [-0.25, -0.2) is 4.79 Å². The van der Waals surface area contributed by atoms with Gasteiger partial charge < -0.3 is 9.15 Å². The number of nitro groups is 1. The largest absolute Gasteiger partial charge is 0.462 e. The maximum absolute atomic E-state index is 12.9. The fourth-order valence-corrected chi connectivity index (χ4v) is 4.57. The Bertz CT molecular complexity index is 1310. The van der Waals surface area contributed by atoms with Gasteiger partial charge in [0, 0.05) is 23.8 Å². The molecule has 1 amide bonds. The molecule has 0 aliphatic carbocycles. The molecule has 3 aromatic rings. The van der Waals surface area contributed by atoms with E-state index < -0.39 is 4.92 Å². The number of unbranched alkanes of at least 4 members (excludes halogenated alkanes) is 1. The number of esters is 1. The van der Waals surface area contributed by atoms with E-state index in [1.807, 2.05) is 6.92 Å². The summed E-state index contributed by atoms with van der Waals surface area (Å²) in [6, 6.07) is 16.0. The third-order valence-electron chi connectivity index (χ3n) is 5.15. The molecule has 0 unspecified atom stereocenters. The highest BCUT2D eigenvalue weighted by molar-refractivity contribution is 8.27. The fourth-order valence-electron chi connectivity index (χ4n) is 3.29. The first-order chi connectivity index (χ1) is 16.9. The number of benzene rings is 2. The number of carbonyl (C=O) groups is 2. The number of amides is 1. The Morgan fingerprint density at radius 3 is 2.51 bits per heavy atom. The SMILES string of the molecule is CCCCOC(=O)c1ccc(-c2ccc(/C=C3\SC(=S)N(c4ccc([N+](=O)[O-])cc4)C3=O)o2)cc1. The lowest BCUT2D eigenvalue weighted by atomic mass is 10.1. The summed E-state index contributed by atoms with van der Waals surface area (Å²) in [7, 11) is 0. The predicted molar refractivity (Wildman–Crippen MR) is 138 cm³/mol. The van der Waals surface area contributed by atoms with Gasteiger partial charge in [0.05, 0.1) is 27.7 Å². The molecule has 1 saturated heterocycles. The predicted octanol–water partition coefficient (Wildman–Crippen LogP) is 6.22. The van der Waals surface area contributed by atoms with Crippen LogP contribution in [-0.4, -0.2) is 27.7 Å². The summed E-state index contributed by atoms with van der Waals surface area (Å²) in [5.74, 6) is 0.346. The van der Waals surface area contributed by atoms with Gasteiger partial charge in [0.1, 0.15) is 11.5 Å². The molecule has 8 nitrogen and oxygen atoms in total. The van der Waals surface area contributed by atoms with Crippen molar-refractivity contribution in [2.45, 2.75) is 19.8 Å². The molecule has 0 spiro atoms. The van der Waals surface area contributed by atoms with Crippen molar-refractivity contribution >= 4 is 57.6 Å². The Labute approximate surface area is 210 Å². The number of hydrogen-bond acceptors (Lipinski definition) is 8. The molecule has 1 fully saturated rings. The minimum atomic E-state index is -0.505. The maximum atomic E-state index is 12.9. The van der Waals surface area contributed by atoms with Gasteiger partial charge in [-0.15, -0.1) is 0 Å². The highest BCUT2D eigenvalue weighted by Gasteiger charge is 2.33. The average molecular weight is 509 g/mol. The van der Waals surface area contributed by atoms with Crippen LogP contribution in [0.1, 0.15) is 35.9 Å². The van der Waals surface area contributed by atoms with Gasteiger partial charge >= 0.3 is 5.97 Å². The van der Waals surface area contributed by atoms with Crippen LogP contribution in [0.3, 0.4) is 0 Å². The Kier molecular flexibility index (Phi) is 7.42. The number of thiocarbonyl (C=S) groups is 1. The van der Waals surface area contributed by atoms with Crippen LogP contribution in [0.25, 0.3) is 17.4 Å². The summed E-state index contributed by atoms with van der Waals surface area (Å²) in [6.07, 6.45) is 3.38. The van der Waals surface area contributed by atoms with Crippen molar-refractivity contribution < 1.29 is 23.7 Å². The number of nitrogens with zero attached hydrogens (tertiary/aromatic N) is 2. The van der Waals surface area contributed by atoms with Crippen LogP contribution in [0.2, 0.25) is 0 Å². The molecular weight excluding hydrogens is 488 g/mol. The van der Waals surface area contributed by atoms with Crippen LogP contribution >= 0.6 is 24.0 Å². The van der Waals surface area contributed by atoms with Crippen LogP contribution in [0.15, 0.2) is 70.0 Å². The van der Waals surface area contributed by atoms with Crippen LogP contribution in [0, 0.1) is 10.1 Å². The molecule has 2 aromatic carbocycles. The van der Waals surface area contributed by atoms with Gasteiger partial charge in [-0.1, -0.05) is 49.5 Å². The number of thioether (sulfide) groups is 1. The molecule has 0 atom stereocenters. The summed E-state index contributed by atoms with van der Waals surface area (Å²) in [5, 5.41) is 10.9. The van der Waals surface area contributed by atoms with Crippen LogP contribution in [0.5, 0.6) is 0 Å². The van der Waals surface area contributed by atoms with Gasteiger partial charge in [0.25, 0.3) is 11.6 Å². The molecule has 10 heteroatoms. The zero-order chi connectivity index (χ0) is 24.9. The average Bonchev–Trinajstić information content (AvgIpc) is 3.43. The lowest BCUT2D eigenvalue weighted by molar-refractivity contribution is -0.384. The monoisotopic (exact) mass is 508 g/mol. The highest BCUT2D eigenvalue weighted by Crippen LogP contribution is 2.37. The number of carbonyl (C=O) groups excluding carboxylic acids is 2. The molecular formula is C25H20N2O6S2. The lowest BCUT2D eigenvalue weighted by Gasteiger charge is -2.13. The Morgan fingerprint density at radius 2 is 1.86 bits per heavy atom. The van der Waals surface area contributed by atoms with E-state index in [-0.39, 0.29) is 17.6 Å². The summed E-state index contributed by atoms with van der Waals surface area (Å²) in [6.45, 7) is 2.43. The molecule has 35 heavy (non-hydrogen) atoms. The number of rotatable bonds is 8. The Morgan fingerprint density at radius 1 is 1.14 bits per heavy atom. The Hall–Kier alpha value is -3.76. The van der Waals surface area contributed by atoms with Gasteiger partial charge in [0.2, 0.25) is 0 Å². The van der Waals surface area contributed by atoms with Crippen molar-refractivity contribution in [3.8, 4) is 11.3 Å². The number of ether oxygens (including phenoxy) is 1. The molecule has 2 heterocycles. The molecule has 178 valence electrons. The summed E-state index contributed by atoms with van der Waals surface area (Å²) >= 11 is 6.47. The first-order valence-corrected chi connectivity index (χ1v) is 12.0. The maximum Gasteiger partial charge on any atom is 0.338 e. The lowest BCUT2D eigenvalue weighted by Crippen LogP contribution is -2.27. The van der Waals surface area contributed by atoms with E-state index in [0.717, 1.165) is 30.2 Å². The van der Waals surface area contributed by atoms with E-state index in [1.165, 1.54) is 29.2 Å². The summed E-state index contributed by atoms with van der Waals surface area (Å²) in [4.78, 5) is 37.1. The normalized spacial score (nSPS) is 14.5. The second kappa shape index (κ2) is 10.7. The van der Waals surface area contributed by atoms with Crippen molar-refractivity contribution in [2.75, 3.05) is 11.5 Å². The van der Waals surface area contributed by atoms with E-state index >= 15 is 0 Å². The summed E-state index contributed by atoms with van der Waals surface area (Å²) < 4.78 is 11.4. The zero-order valence-corrected chi connectivity index (χ0v) is 20.3. The van der Waals surface area contributed by atoms with Crippen molar-refractivity contribution in [3.05, 3.63) is 87.0 Å². The quantitative estimate of drug-likeness (QED) is 0.0883. The third kappa shape index (κ3) is 5.50. The van der Waals surface area contributed by atoms with Crippen molar-refractivity contribution in [2.24, 2.45) is 0 Å². The van der Waals surface area contributed by atoms with Gasteiger partial charge in [-0.3, -0.25) is 19.8 Å². The molecule has 1 aromatic heterocycles. The number of nitro benzene ring substituents is 1. The van der Waals surface area contributed by atoms with E-state index in [4.69, 9.17) is 21.4 Å². The Balaban J connectivity index is 1.47. The van der Waals surface area contributed by atoms with E-state index in [2.05, 4.69) is 0 Å². The second-order valence-electron chi connectivity index (χ2n) is 7.56. The fraction of sp³-hybridized carbons (Fsp3) is 0.160. The topological polar surface area (TPSA) is 103 Å². The molecule has 4 rings (SSSR count). The minimum absolute atomic E-state index is 0.0701.